The van der Waals surface area contributed by atoms with Gasteiger partial charge in [-0.2, -0.15) is 0 Å². The predicted molar refractivity (Wildman–Crippen MR) is 52.5 cm³/mol. The van der Waals surface area contributed by atoms with Gasteiger partial charge in [-0.05, 0) is 27.7 Å². The lowest BCUT2D eigenvalue weighted by molar-refractivity contribution is -0.135. The summed E-state index contributed by atoms with van der Waals surface area (Å²) < 4.78 is 0. The molecule has 0 fully saturated rings. The maximum Gasteiger partial charge on any atom is 0.224 e. The lowest BCUT2D eigenvalue weighted by Crippen LogP contribution is -2.45. The summed E-state index contributed by atoms with van der Waals surface area (Å²) in [6.45, 7) is 8.82. The van der Waals surface area contributed by atoms with E-state index in [1.54, 1.807) is 0 Å². The summed E-state index contributed by atoms with van der Waals surface area (Å²) in [5.41, 5.74) is -0.0854. The first kappa shape index (κ1) is 11.8. The van der Waals surface area contributed by atoms with Crippen LogP contribution in [0.5, 0.6) is 0 Å². The van der Waals surface area contributed by atoms with Crippen LogP contribution in [0.15, 0.2) is 0 Å². The van der Waals surface area contributed by atoms with Crippen molar-refractivity contribution in [1.82, 2.24) is 4.90 Å². The predicted octanol–water partition coefficient (Wildman–Crippen LogP) is 2.26. The first-order valence-electron chi connectivity index (χ1n) is 4.30. The Morgan fingerprint density at radius 3 is 2.17 bits per heavy atom. The van der Waals surface area contributed by atoms with Crippen molar-refractivity contribution in [2.75, 3.05) is 12.4 Å². The highest BCUT2D eigenvalue weighted by molar-refractivity contribution is 6.18. The molecule has 0 unspecified atom stereocenters. The first-order valence-corrected chi connectivity index (χ1v) is 4.83. The van der Waals surface area contributed by atoms with Crippen LogP contribution in [0.1, 0.15) is 34.1 Å². The SMILES string of the molecule is CCN(C(=O)CCCl)C(C)(C)C. The Hall–Kier alpha value is -0.240. The second-order valence-corrected chi connectivity index (χ2v) is 4.13. The van der Waals surface area contributed by atoms with Crippen LogP contribution >= 0.6 is 11.6 Å². The molecule has 0 rings (SSSR count). The summed E-state index contributed by atoms with van der Waals surface area (Å²) in [5, 5.41) is 0. The van der Waals surface area contributed by atoms with Crippen LogP contribution in [-0.2, 0) is 4.79 Å². The van der Waals surface area contributed by atoms with E-state index in [9.17, 15) is 4.79 Å². The van der Waals surface area contributed by atoms with Gasteiger partial charge in [0.1, 0.15) is 0 Å². The molecular weight excluding hydrogens is 174 g/mol. The molecule has 0 aliphatic carbocycles. The monoisotopic (exact) mass is 191 g/mol. The standard InChI is InChI=1S/C9H18ClNO/c1-5-11(9(2,3)4)8(12)6-7-10/h5-7H2,1-4H3. The van der Waals surface area contributed by atoms with Crippen molar-refractivity contribution in [3.8, 4) is 0 Å². The van der Waals surface area contributed by atoms with Crippen molar-refractivity contribution in [2.45, 2.75) is 39.7 Å². The molecule has 0 N–H and O–H groups in total. The fourth-order valence-electron chi connectivity index (χ4n) is 1.24. The summed E-state index contributed by atoms with van der Waals surface area (Å²) in [4.78, 5) is 13.3. The highest BCUT2D eigenvalue weighted by atomic mass is 35.5. The van der Waals surface area contributed by atoms with Crippen molar-refractivity contribution in [1.29, 1.82) is 0 Å². The van der Waals surface area contributed by atoms with Crippen LogP contribution < -0.4 is 0 Å². The quantitative estimate of drug-likeness (QED) is 0.627. The molecule has 12 heavy (non-hydrogen) atoms. The van der Waals surface area contributed by atoms with Gasteiger partial charge in [0, 0.05) is 24.4 Å². The Bertz CT molecular complexity index is 151. The number of hydrogen-bond acceptors (Lipinski definition) is 1. The number of nitrogens with zero attached hydrogens (tertiary/aromatic N) is 1. The number of carbonyl (C=O) groups excluding carboxylic acids is 1. The molecule has 0 spiro atoms. The molecule has 3 heteroatoms. The number of rotatable bonds is 3. The number of amides is 1. The van der Waals surface area contributed by atoms with E-state index in [4.69, 9.17) is 11.6 Å². The molecule has 0 saturated heterocycles. The van der Waals surface area contributed by atoms with E-state index in [1.165, 1.54) is 0 Å². The highest BCUT2D eigenvalue weighted by Crippen LogP contribution is 2.14. The summed E-state index contributed by atoms with van der Waals surface area (Å²) in [7, 11) is 0. The molecule has 0 aromatic heterocycles. The molecule has 0 radical (unpaired) electrons. The summed E-state index contributed by atoms with van der Waals surface area (Å²) in [5.74, 6) is 0.547. The second kappa shape index (κ2) is 4.70. The van der Waals surface area contributed by atoms with E-state index >= 15 is 0 Å². The average Bonchev–Trinajstić information content (AvgIpc) is 1.85. The molecule has 0 heterocycles. The molecule has 0 bridgehead atoms. The van der Waals surface area contributed by atoms with Crippen molar-refractivity contribution in [3.05, 3.63) is 0 Å². The van der Waals surface area contributed by atoms with E-state index in [2.05, 4.69) is 0 Å². The number of carbonyl (C=O) groups is 1. The summed E-state index contributed by atoms with van der Waals surface area (Å²) in [6, 6.07) is 0. The van der Waals surface area contributed by atoms with Crippen LogP contribution in [0, 0.1) is 0 Å². The number of alkyl halides is 1. The lowest BCUT2D eigenvalue weighted by atomic mass is 10.1. The molecule has 0 saturated carbocycles. The largest absolute Gasteiger partial charge is 0.338 e. The topological polar surface area (TPSA) is 20.3 Å². The molecule has 0 aliphatic heterocycles. The van der Waals surface area contributed by atoms with Crippen molar-refractivity contribution in [2.24, 2.45) is 0 Å². The van der Waals surface area contributed by atoms with Crippen LogP contribution in [0.3, 0.4) is 0 Å². The van der Waals surface area contributed by atoms with Crippen LogP contribution in [0.25, 0.3) is 0 Å². The fraction of sp³-hybridized carbons (Fsp3) is 0.889. The van der Waals surface area contributed by atoms with Crippen molar-refractivity contribution in [3.63, 3.8) is 0 Å². The first-order chi connectivity index (χ1) is 5.43. The zero-order valence-corrected chi connectivity index (χ0v) is 9.11. The van der Waals surface area contributed by atoms with Crippen molar-refractivity contribution < 1.29 is 4.79 Å². The Balaban J connectivity index is 4.25. The van der Waals surface area contributed by atoms with Crippen LogP contribution in [0.2, 0.25) is 0 Å². The molecule has 72 valence electrons. The Kier molecular flexibility index (Phi) is 4.61. The minimum absolute atomic E-state index is 0.0854. The molecule has 0 atom stereocenters. The molecule has 0 aliphatic rings. The third-order valence-electron chi connectivity index (χ3n) is 1.74. The maximum absolute atomic E-state index is 11.5. The number of halogens is 1. The summed E-state index contributed by atoms with van der Waals surface area (Å²) >= 11 is 5.50. The normalized spacial score (nSPS) is 11.4. The maximum atomic E-state index is 11.5. The van der Waals surface area contributed by atoms with E-state index in [1.807, 2.05) is 32.6 Å². The third kappa shape index (κ3) is 3.44. The second-order valence-electron chi connectivity index (χ2n) is 3.75. The van der Waals surface area contributed by atoms with Crippen LogP contribution in [-0.4, -0.2) is 28.8 Å². The van der Waals surface area contributed by atoms with E-state index in [0.29, 0.717) is 12.3 Å². The fourth-order valence-corrected chi connectivity index (χ4v) is 1.40. The minimum atomic E-state index is -0.0854. The number of hydrogen-bond donors (Lipinski definition) is 0. The average molecular weight is 192 g/mol. The Morgan fingerprint density at radius 1 is 1.42 bits per heavy atom. The smallest absolute Gasteiger partial charge is 0.224 e. The summed E-state index contributed by atoms with van der Waals surface area (Å²) in [6.07, 6.45) is 0.437. The molecule has 1 amide bonds. The van der Waals surface area contributed by atoms with Gasteiger partial charge < -0.3 is 4.90 Å². The third-order valence-corrected chi connectivity index (χ3v) is 1.92. The van der Waals surface area contributed by atoms with Gasteiger partial charge in [0.15, 0.2) is 0 Å². The lowest BCUT2D eigenvalue weighted by Gasteiger charge is -2.34. The van der Waals surface area contributed by atoms with E-state index < -0.39 is 0 Å². The molecular formula is C9H18ClNO. The Morgan fingerprint density at radius 2 is 1.92 bits per heavy atom. The van der Waals surface area contributed by atoms with Gasteiger partial charge in [0.2, 0.25) is 5.91 Å². The zero-order valence-electron chi connectivity index (χ0n) is 8.35. The van der Waals surface area contributed by atoms with E-state index in [0.717, 1.165) is 6.54 Å². The zero-order chi connectivity index (χ0) is 9.78. The Labute approximate surface area is 79.9 Å². The van der Waals surface area contributed by atoms with Gasteiger partial charge in [-0.3, -0.25) is 4.79 Å². The van der Waals surface area contributed by atoms with Crippen molar-refractivity contribution >= 4 is 17.5 Å². The van der Waals surface area contributed by atoms with Gasteiger partial charge in [-0.25, -0.2) is 0 Å². The molecule has 0 aromatic carbocycles. The highest BCUT2D eigenvalue weighted by Gasteiger charge is 2.23. The van der Waals surface area contributed by atoms with Gasteiger partial charge in [-0.15, -0.1) is 11.6 Å². The van der Waals surface area contributed by atoms with Gasteiger partial charge in [-0.1, -0.05) is 0 Å². The van der Waals surface area contributed by atoms with Crippen LogP contribution in [0.4, 0.5) is 0 Å². The van der Waals surface area contributed by atoms with Gasteiger partial charge >= 0.3 is 0 Å². The molecule has 0 aromatic rings. The minimum Gasteiger partial charge on any atom is -0.338 e. The van der Waals surface area contributed by atoms with Gasteiger partial charge in [0.25, 0.3) is 0 Å². The van der Waals surface area contributed by atoms with Gasteiger partial charge in [0.05, 0.1) is 0 Å². The molecule has 2 nitrogen and oxygen atoms in total. The van der Waals surface area contributed by atoms with E-state index in [-0.39, 0.29) is 11.4 Å².